The Morgan fingerprint density at radius 1 is 0.963 bits per heavy atom. The van der Waals surface area contributed by atoms with E-state index in [2.05, 4.69) is 5.32 Å². The molecule has 1 N–H and O–H groups in total. The average Bonchev–Trinajstić information content (AvgIpc) is 3.37. The molecule has 3 atom stereocenters. The Morgan fingerprint density at radius 3 is 2.11 bits per heavy atom. The number of amides is 4. The van der Waals surface area contributed by atoms with Crippen molar-refractivity contribution in [2.24, 2.45) is 0 Å². The molecule has 136 valence electrons. The Morgan fingerprint density at radius 2 is 1.56 bits per heavy atom. The fourth-order valence-electron chi connectivity index (χ4n) is 4.63. The summed E-state index contributed by atoms with van der Waals surface area (Å²) >= 11 is 0. The van der Waals surface area contributed by atoms with Crippen LogP contribution in [-0.2, 0) is 9.59 Å². The maximum atomic E-state index is 13.5. The SMILES string of the molecule is O=C(C(c1ccccc1)c1ccccc1)N1C(=O)C2C3CC(CN3)N2C1=O. The topological polar surface area (TPSA) is 69.7 Å². The van der Waals surface area contributed by atoms with Crippen LogP contribution in [0.15, 0.2) is 60.7 Å². The Hall–Kier alpha value is -2.99. The molecule has 0 spiro atoms. The van der Waals surface area contributed by atoms with Gasteiger partial charge in [0.25, 0.3) is 5.91 Å². The molecule has 3 aliphatic heterocycles. The lowest BCUT2D eigenvalue weighted by Gasteiger charge is -2.26. The van der Waals surface area contributed by atoms with Gasteiger partial charge in [0.05, 0.1) is 5.92 Å². The molecular weight excluding hydrogens is 342 g/mol. The summed E-state index contributed by atoms with van der Waals surface area (Å²) in [6, 6.07) is 17.5. The van der Waals surface area contributed by atoms with E-state index in [4.69, 9.17) is 0 Å². The van der Waals surface area contributed by atoms with E-state index in [0.717, 1.165) is 22.4 Å². The number of fused-ring (bicyclic) bond motifs is 5. The van der Waals surface area contributed by atoms with E-state index in [0.29, 0.717) is 6.54 Å². The number of benzene rings is 2. The highest BCUT2D eigenvalue weighted by molar-refractivity contribution is 6.19. The number of rotatable bonds is 3. The standard InChI is InChI=1S/C21H19N3O3/c25-19(17(13-7-3-1-4-8-13)14-9-5-2-6-10-14)24-20(26)18-16-11-15(12-22-16)23(18)21(24)27/h1-10,15-18,22H,11-12H2. The van der Waals surface area contributed by atoms with Gasteiger partial charge in [-0.2, -0.15) is 4.90 Å². The highest BCUT2D eigenvalue weighted by Gasteiger charge is 2.61. The molecular formula is C21H19N3O3. The molecule has 6 heteroatoms. The second-order valence-electron chi connectivity index (χ2n) is 7.31. The van der Waals surface area contributed by atoms with Gasteiger partial charge < -0.3 is 10.2 Å². The molecule has 6 nitrogen and oxygen atoms in total. The summed E-state index contributed by atoms with van der Waals surface area (Å²) in [4.78, 5) is 41.9. The van der Waals surface area contributed by atoms with E-state index >= 15 is 0 Å². The van der Waals surface area contributed by atoms with Crippen LogP contribution in [0.3, 0.4) is 0 Å². The molecule has 27 heavy (non-hydrogen) atoms. The van der Waals surface area contributed by atoms with Crippen LogP contribution in [0.5, 0.6) is 0 Å². The van der Waals surface area contributed by atoms with Crippen LogP contribution >= 0.6 is 0 Å². The maximum Gasteiger partial charge on any atom is 0.334 e. The molecule has 5 rings (SSSR count). The van der Waals surface area contributed by atoms with Crippen molar-refractivity contribution in [1.82, 2.24) is 15.1 Å². The van der Waals surface area contributed by atoms with Gasteiger partial charge in [-0.3, -0.25) is 9.59 Å². The molecule has 3 fully saturated rings. The van der Waals surface area contributed by atoms with Crippen molar-refractivity contribution in [2.45, 2.75) is 30.5 Å². The molecule has 3 aliphatic rings. The highest BCUT2D eigenvalue weighted by atomic mass is 16.2. The van der Waals surface area contributed by atoms with Gasteiger partial charge in [-0.25, -0.2) is 4.79 Å². The zero-order valence-corrected chi connectivity index (χ0v) is 14.6. The van der Waals surface area contributed by atoms with Gasteiger partial charge >= 0.3 is 6.03 Å². The number of hydrogen-bond donors (Lipinski definition) is 1. The molecule has 0 aromatic heterocycles. The Kier molecular flexibility index (Phi) is 3.62. The van der Waals surface area contributed by atoms with Crippen molar-refractivity contribution in [2.75, 3.05) is 6.54 Å². The van der Waals surface area contributed by atoms with Gasteiger partial charge in [0, 0.05) is 18.6 Å². The quantitative estimate of drug-likeness (QED) is 0.846. The molecule has 0 radical (unpaired) electrons. The van der Waals surface area contributed by atoms with Crippen molar-refractivity contribution in [1.29, 1.82) is 0 Å². The lowest BCUT2D eigenvalue weighted by Crippen LogP contribution is -2.51. The van der Waals surface area contributed by atoms with Crippen LogP contribution in [0, 0.1) is 0 Å². The van der Waals surface area contributed by atoms with Gasteiger partial charge in [-0.15, -0.1) is 0 Å². The molecule has 2 aromatic rings. The van der Waals surface area contributed by atoms with Gasteiger partial charge in [-0.1, -0.05) is 60.7 Å². The number of carbonyl (C=O) groups is 3. The van der Waals surface area contributed by atoms with Crippen LogP contribution in [0.2, 0.25) is 0 Å². The number of imide groups is 3. The van der Waals surface area contributed by atoms with E-state index in [1.165, 1.54) is 0 Å². The Balaban J connectivity index is 1.54. The first-order valence-electron chi connectivity index (χ1n) is 9.20. The van der Waals surface area contributed by atoms with Crippen LogP contribution in [0.4, 0.5) is 4.79 Å². The fraction of sp³-hybridized carbons (Fsp3) is 0.286. The maximum absolute atomic E-state index is 13.5. The first-order valence-corrected chi connectivity index (χ1v) is 9.20. The predicted molar refractivity (Wildman–Crippen MR) is 97.8 cm³/mol. The molecule has 4 amide bonds. The molecule has 2 bridgehead atoms. The monoisotopic (exact) mass is 361 g/mol. The van der Waals surface area contributed by atoms with Crippen molar-refractivity contribution in [3.8, 4) is 0 Å². The Bertz CT molecular complexity index is 847. The van der Waals surface area contributed by atoms with Crippen LogP contribution in [-0.4, -0.2) is 52.3 Å². The summed E-state index contributed by atoms with van der Waals surface area (Å²) < 4.78 is 0. The summed E-state index contributed by atoms with van der Waals surface area (Å²) in [6.45, 7) is 0.684. The number of carbonyl (C=O) groups excluding carboxylic acids is 3. The van der Waals surface area contributed by atoms with Crippen molar-refractivity contribution in [3.05, 3.63) is 71.8 Å². The zero-order valence-electron chi connectivity index (χ0n) is 14.6. The van der Waals surface area contributed by atoms with Crippen molar-refractivity contribution >= 4 is 17.8 Å². The first kappa shape index (κ1) is 16.2. The zero-order chi connectivity index (χ0) is 18.5. The van der Waals surface area contributed by atoms with E-state index in [1.807, 2.05) is 60.7 Å². The van der Waals surface area contributed by atoms with E-state index in [1.54, 1.807) is 4.90 Å². The molecule has 3 saturated heterocycles. The first-order chi connectivity index (χ1) is 13.2. The number of urea groups is 1. The second kappa shape index (κ2) is 6.03. The van der Waals surface area contributed by atoms with E-state index in [9.17, 15) is 14.4 Å². The second-order valence-corrected chi connectivity index (χ2v) is 7.31. The fourth-order valence-corrected chi connectivity index (χ4v) is 4.63. The van der Waals surface area contributed by atoms with Gasteiger partial charge in [0.1, 0.15) is 6.04 Å². The summed E-state index contributed by atoms with van der Waals surface area (Å²) in [6.07, 6.45) is 0.783. The molecule has 2 aromatic carbocycles. The number of nitrogens with one attached hydrogen (secondary N) is 1. The minimum Gasteiger partial charge on any atom is -0.309 e. The van der Waals surface area contributed by atoms with E-state index < -0.39 is 29.8 Å². The minimum atomic E-state index is -0.689. The molecule has 3 unspecified atom stereocenters. The molecule has 3 heterocycles. The highest BCUT2D eigenvalue weighted by Crippen LogP contribution is 2.38. The predicted octanol–water partition coefficient (Wildman–Crippen LogP) is 1.72. The normalized spacial score (nSPS) is 26.2. The van der Waals surface area contributed by atoms with Crippen LogP contribution in [0.1, 0.15) is 23.5 Å². The third-order valence-electron chi connectivity index (χ3n) is 5.83. The summed E-state index contributed by atoms with van der Waals surface area (Å²) in [5.41, 5.74) is 1.53. The summed E-state index contributed by atoms with van der Waals surface area (Å²) in [5.74, 6) is -1.57. The van der Waals surface area contributed by atoms with Crippen LogP contribution < -0.4 is 5.32 Å². The molecule has 0 saturated carbocycles. The number of hydrogen-bond acceptors (Lipinski definition) is 4. The lowest BCUT2D eigenvalue weighted by molar-refractivity contribution is -0.140. The van der Waals surface area contributed by atoms with Crippen molar-refractivity contribution in [3.63, 3.8) is 0 Å². The Labute approximate surface area is 156 Å². The smallest absolute Gasteiger partial charge is 0.309 e. The summed E-state index contributed by atoms with van der Waals surface area (Å²) in [5, 5.41) is 3.28. The molecule has 0 aliphatic carbocycles. The largest absolute Gasteiger partial charge is 0.334 e. The summed E-state index contributed by atoms with van der Waals surface area (Å²) in [7, 11) is 0. The van der Waals surface area contributed by atoms with Crippen molar-refractivity contribution < 1.29 is 14.4 Å². The van der Waals surface area contributed by atoms with Gasteiger partial charge in [0.15, 0.2) is 0 Å². The number of piperazine rings is 1. The van der Waals surface area contributed by atoms with E-state index in [-0.39, 0.29) is 12.1 Å². The van der Waals surface area contributed by atoms with Gasteiger partial charge in [0.2, 0.25) is 5.91 Å². The minimum absolute atomic E-state index is 0.00107. The average molecular weight is 361 g/mol. The number of nitrogens with zero attached hydrogens (tertiary/aromatic N) is 2. The van der Waals surface area contributed by atoms with Crippen LogP contribution in [0.25, 0.3) is 0 Å². The lowest BCUT2D eigenvalue weighted by atomic mass is 9.90. The third-order valence-corrected chi connectivity index (χ3v) is 5.83. The third kappa shape index (κ3) is 2.33. The van der Waals surface area contributed by atoms with Gasteiger partial charge in [-0.05, 0) is 17.5 Å².